The summed E-state index contributed by atoms with van der Waals surface area (Å²) in [6, 6.07) is 4.49. The smallest absolute Gasteiger partial charge is 0.0520 e. The molecule has 0 saturated carbocycles. The van der Waals surface area contributed by atoms with Crippen molar-refractivity contribution in [2.75, 3.05) is 4.90 Å². The van der Waals surface area contributed by atoms with Gasteiger partial charge in [0.1, 0.15) is 0 Å². The molecule has 1 heteroatoms. The van der Waals surface area contributed by atoms with Gasteiger partial charge in [0.05, 0.1) is 5.69 Å². The van der Waals surface area contributed by atoms with Crippen LogP contribution in [0.25, 0.3) is 0 Å². The van der Waals surface area contributed by atoms with Crippen LogP contribution in [0.5, 0.6) is 0 Å². The van der Waals surface area contributed by atoms with E-state index in [0.29, 0.717) is 0 Å². The van der Waals surface area contributed by atoms with E-state index in [1.54, 1.807) is 0 Å². The second-order valence-corrected chi connectivity index (χ2v) is 6.06. The van der Waals surface area contributed by atoms with Crippen molar-refractivity contribution < 1.29 is 0 Å². The summed E-state index contributed by atoms with van der Waals surface area (Å²) in [4.78, 5) is 2.33. The van der Waals surface area contributed by atoms with Gasteiger partial charge in [-0.05, 0) is 63.5 Å². The lowest BCUT2D eigenvalue weighted by atomic mass is 10.0. The largest absolute Gasteiger partial charge is 0.310 e. The van der Waals surface area contributed by atoms with Crippen molar-refractivity contribution in [2.24, 2.45) is 0 Å². The maximum absolute atomic E-state index is 3.89. The van der Waals surface area contributed by atoms with Crippen molar-refractivity contribution in [3.8, 4) is 0 Å². The van der Waals surface area contributed by atoms with Crippen molar-refractivity contribution in [3.05, 3.63) is 101 Å². The molecule has 0 aliphatic heterocycles. The zero-order valence-electron chi connectivity index (χ0n) is 15.2. The summed E-state index contributed by atoms with van der Waals surface area (Å²) >= 11 is 0. The molecule has 0 N–H and O–H groups in total. The Hall–Kier alpha value is -2.54. The predicted octanol–water partition coefficient (Wildman–Crippen LogP) is 6.46. The normalized spacial score (nSPS) is 14.7. The Labute approximate surface area is 146 Å². The molecule has 0 atom stereocenters. The van der Waals surface area contributed by atoms with Gasteiger partial charge in [0.25, 0.3) is 0 Å². The molecule has 124 valence electrons. The Morgan fingerprint density at radius 3 is 2.46 bits per heavy atom. The molecular formula is C23H27N. The van der Waals surface area contributed by atoms with Crippen LogP contribution < -0.4 is 4.90 Å². The van der Waals surface area contributed by atoms with Crippen molar-refractivity contribution in [2.45, 2.75) is 34.1 Å². The lowest BCUT2D eigenvalue weighted by Gasteiger charge is -2.30. The van der Waals surface area contributed by atoms with E-state index in [1.807, 2.05) is 13.0 Å². The third-order valence-corrected chi connectivity index (χ3v) is 3.98. The summed E-state index contributed by atoms with van der Waals surface area (Å²) in [5, 5.41) is 0. The summed E-state index contributed by atoms with van der Waals surface area (Å²) in [6.45, 7) is 12.5. The first kappa shape index (κ1) is 17.8. The third kappa shape index (κ3) is 4.05. The van der Waals surface area contributed by atoms with Gasteiger partial charge < -0.3 is 4.90 Å². The molecule has 2 rings (SSSR count). The van der Waals surface area contributed by atoms with Crippen molar-refractivity contribution in [3.63, 3.8) is 0 Å². The van der Waals surface area contributed by atoms with E-state index in [4.69, 9.17) is 0 Å². The van der Waals surface area contributed by atoms with Gasteiger partial charge in [-0.3, -0.25) is 0 Å². The number of anilines is 1. The predicted molar refractivity (Wildman–Crippen MR) is 107 cm³/mol. The standard InChI is InChI=1S/C23H27N/c1-6-12-21(13-7-2)24(22-14-10-8-9-11-15-22)23-19(4)16-18(3)17-20(23)5/h6-10,12-17H,1,11H2,2-5H3/b13-7-,21-12+. The van der Waals surface area contributed by atoms with Crippen LogP contribution in [-0.2, 0) is 0 Å². The number of aryl methyl sites for hydroxylation is 3. The van der Waals surface area contributed by atoms with Gasteiger partial charge in [0.15, 0.2) is 0 Å². The first-order valence-electron chi connectivity index (χ1n) is 8.45. The number of nitrogens with zero attached hydrogens (tertiary/aromatic N) is 1. The maximum atomic E-state index is 3.89. The first-order chi connectivity index (χ1) is 11.6. The van der Waals surface area contributed by atoms with Crippen molar-refractivity contribution in [1.82, 2.24) is 0 Å². The lowest BCUT2D eigenvalue weighted by Crippen LogP contribution is -2.22. The molecule has 0 fully saturated rings. The highest BCUT2D eigenvalue weighted by molar-refractivity contribution is 5.70. The summed E-state index contributed by atoms with van der Waals surface area (Å²) in [7, 11) is 0. The molecule has 0 bridgehead atoms. The molecule has 1 aliphatic rings. The number of hydrogen-bond acceptors (Lipinski definition) is 1. The fraction of sp³-hybridized carbons (Fsp3) is 0.217. The SMILES string of the molecule is C=C/C=C(\C=C/C)N(C1=CCC=CC=C1)c1c(C)cc(C)cc1C. The van der Waals surface area contributed by atoms with Crippen LogP contribution >= 0.6 is 0 Å². The minimum atomic E-state index is 0.931. The Balaban J connectivity index is 2.70. The van der Waals surface area contributed by atoms with Crippen LogP contribution in [0.2, 0.25) is 0 Å². The Bertz CT molecular complexity index is 731. The highest BCUT2D eigenvalue weighted by Gasteiger charge is 2.18. The van der Waals surface area contributed by atoms with Crippen LogP contribution in [0.1, 0.15) is 30.0 Å². The molecule has 1 aromatic rings. The molecule has 0 radical (unpaired) electrons. The Morgan fingerprint density at radius 2 is 1.83 bits per heavy atom. The zero-order valence-corrected chi connectivity index (χ0v) is 15.2. The third-order valence-electron chi connectivity index (χ3n) is 3.98. The molecule has 0 spiro atoms. The summed E-state index contributed by atoms with van der Waals surface area (Å²) in [5.74, 6) is 0. The molecule has 1 nitrogen and oxygen atoms in total. The van der Waals surface area contributed by atoms with Crippen molar-refractivity contribution in [1.29, 1.82) is 0 Å². The molecule has 0 amide bonds. The molecule has 0 heterocycles. The average Bonchev–Trinajstić information content (AvgIpc) is 2.79. The van der Waals surface area contributed by atoms with E-state index in [1.165, 1.54) is 28.1 Å². The van der Waals surface area contributed by atoms with Crippen LogP contribution in [0.3, 0.4) is 0 Å². The quantitative estimate of drug-likeness (QED) is 0.563. The molecule has 0 aromatic heterocycles. The van der Waals surface area contributed by atoms with Gasteiger partial charge >= 0.3 is 0 Å². The molecular weight excluding hydrogens is 290 g/mol. The minimum absolute atomic E-state index is 0.931. The van der Waals surface area contributed by atoms with Crippen LogP contribution in [0.15, 0.2) is 84.8 Å². The van der Waals surface area contributed by atoms with Gasteiger partial charge in [0, 0.05) is 11.4 Å². The molecule has 0 unspecified atom stereocenters. The highest BCUT2D eigenvalue weighted by Crippen LogP contribution is 2.34. The number of benzene rings is 1. The number of hydrogen-bond donors (Lipinski definition) is 0. The molecule has 1 aromatic carbocycles. The van der Waals surface area contributed by atoms with Crippen LogP contribution in [-0.4, -0.2) is 0 Å². The summed E-state index contributed by atoms with van der Waals surface area (Å²) < 4.78 is 0. The monoisotopic (exact) mass is 317 g/mol. The summed E-state index contributed by atoms with van der Waals surface area (Å²) in [6.07, 6.45) is 19.8. The molecule has 1 aliphatic carbocycles. The second-order valence-electron chi connectivity index (χ2n) is 6.06. The van der Waals surface area contributed by atoms with E-state index in [9.17, 15) is 0 Å². The van der Waals surface area contributed by atoms with E-state index < -0.39 is 0 Å². The number of allylic oxidation sites excluding steroid dienone is 9. The van der Waals surface area contributed by atoms with Gasteiger partial charge in [-0.25, -0.2) is 0 Å². The number of rotatable bonds is 5. The van der Waals surface area contributed by atoms with Crippen LogP contribution in [0.4, 0.5) is 5.69 Å². The van der Waals surface area contributed by atoms with Gasteiger partial charge in [-0.15, -0.1) is 0 Å². The van der Waals surface area contributed by atoms with Crippen LogP contribution in [0, 0.1) is 20.8 Å². The summed E-state index contributed by atoms with van der Waals surface area (Å²) in [5.41, 5.74) is 7.38. The zero-order chi connectivity index (χ0) is 17.5. The minimum Gasteiger partial charge on any atom is -0.310 e. The average molecular weight is 317 g/mol. The fourth-order valence-electron chi connectivity index (χ4n) is 3.16. The Morgan fingerprint density at radius 1 is 1.12 bits per heavy atom. The fourth-order valence-corrected chi connectivity index (χ4v) is 3.16. The highest BCUT2D eigenvalue weighted by atomic mass is 15.2. The van der Waals surface area contributed by atoms with Gasteiger partial charge in [-0.2, -0.15) is 0 Å². The van der Waals surface area contributed by atoms with E-state index in [0.717, 1.165) is 12.1 Å². The molecule has 24 heavy (non-hydrogen) atoms. The van der Waals surface area contributed by atoms with E-state index >= 15 is 0 Å². The lowest BCUT2D eigenvalue weighted by molar-refractivity contribution is 1.09. The van der Waals surface area contributed by atoms with E-state index in [-0.39, 0.29) is 0 Å². The second kappa shape index (κ2) is 8.35. The van der Waals surface area contributed by atoms with Gasteiger partial charge in [0.2, 0.25) is 0 Å². The topological polar surface area (TPSA) is 3.24 Å². The maximum Gasteiger partial charge on any atom is 0.0520 e. The van der Waals surface area contributed by atoms with E-state index in [2.05, 4.69) is 93.0 Å². The molecule has 0 saturated heterocycles. The van der Waals surface area contributed by atoms with Crippen molar-refractivity contribution >= 4 is 5.69 Å². The Kier molecular flexibility index (Phi) is 6.20. The first-order valence-corrected chi connectivity index (χ1v) is 8.45. The van der Waals surface area contributed by atoms with Gasteiger partial charge in [-0.1, -0.05) is 60.7 Å².